The molecule has 1 amide bonds. The Kier molecular flexibility index (Phi) is 4.62. The van der Waals surface area contributed by atoms with Crippen molar-refractivity contribution in [3.05, 3.63) is 16.6 Å². The number of nitrogens with zero attached hydrogens (tertiary/aromatic N) is 2. The number of thiophene rings is 1. The van der Waals surface area contributed by atoms with Crippen molar-refractivity contribution >= 4 is 33.4 Å². The highest BCUT2D eigenvalue weighted by Gasteiger charge is 2.19. The van der Waals surface area contributed by atoms with Crippen LogP contribution in [0.1, 0.15) is 41.6 Å². The average Bonchev–Trinajstić information content (AvgIpc) is 2.92. The first kappa shape index (κ1) is 15.5. The first-order valence-corrected chi connectivity index (χ1v) is 7.69. The Morgan fingerprint density at radius 1 is 1.52 bits per heavy atom. The molecule has 0 radical (unpaired) electrons. The zero-order chi connectivity index (χ0) is 15.6. The smallest absolute Gasteiger partial charge is 0.305 e. The van der Waals surface area contributed by atoms with E-state index in [0.29, 0.717) is 11.3 Å². The number of fused-ring (bicyclic) bond motifs is 1. The summed E-state index contributed by atoms with van der Waals surface area (Å²) in [7, 11) is 1.85. The van der Waals surface area contributed by atoms with Crippen LogP contribution in [0, 0.1) is 6.92 Å². The Hall–Kier alpha value is -1.89. The number of carbonyl (C=O) groups excluding carboxylic acids is 1. The van der Waals surface area contributed by atoms with Crippen molar-refractivity contribution in [1.82, 2.24) is 15.1 Å². The van der Waals surface area contributed by atoms with E-state index in [4.69, 9.17) is 5.11 Å². The van der Waals surface area contributed by atoms with E-state index >= 15 is 0 Å². The first-order chi connectivity index (χ1) is 9.92. The Bertz CT molecular complexity index is 640. The van der Waals surface area contributed by atoms with Gasteiger partial charge in [0.15, 0.2) is 0 Å². The van der Waals surface area contributed by atoms with Gasteiger partial charge in [0.1, 0.15) is 4.83 Å². The first-order valence-electron chi connectivity index (χ1n) is 6.88. The van der Waals surface area contributed by atoms with Crippen LogP contribution in [-0.2, 0) is 11.8 Å². The van der Waals surface area contributed by atoms with E-state index in [9.17, 15) is 9.59 Å². The van der Waals surface area contributed by atoms with Crippen molar-refractivity contribution in [2.75, 3.05) is 0 Å². The number of hydrogen-bond acceptors (Lipinski definition) is 4. The molecule has 2 aromatic heterocycles. The predicted molar refractivity (Wildman–Crippen MR) is 81.7 cm³/mol. The van der Waals surface area contributed by atoms with Crippen LogP contribution in [0.15, 0.2) is 6.07 Å². The molecule has 2 rings (SSSR count). The van der Waals surface area contributed by atoms with Crippen LogP contribution >= 0.6 is 11.3 Å². The molecule has 0 aliphatic carbocycles. The summed E-state index contributed by atoms with van der Waals surface area (Å²) in [6, 6.07) is 1.49. The van der Waals surface area contributed by atoms with Gasteiger partial charge in [0.05, 0.1) is 17.0 Å². The molecular formula is C14H19N3O3S. The monoisotopic (exact) mass is 309 g/mol. The number of carboxylic acids is 1. The van der Waals surface area contributed by atoms with E-state index in [0.717, 1.165) is 22.3 Å². The van der Waals surface area contributed by atoms with Crippen LogP contribution in [0.2, 0.25) is 0 Å². The Labute approximate surface area is 126 Å². The molecule has 6 nitrogen and oxygen atoms in total. The van der Waals surface area contributed by atoms with E-state index in [-0.39, 0.29) is 18.4 Å². The van der Waals surface area contributed by atoms with Crippen LogP contribution in [0.25, 0.3) is 10.2 Å². The molecule has 0 bridgehead atoms. The number of rotatable bonds is 6. The maximum atomic E-state index is 12.3. The summed E-state index contributed by atoms with van der Waals surface area (Å²) in [5.74, 6) is -1.11. The summed E-state index contributed by atoms with van der Waals surface area (Å²) in [6.45, 7) is 3.87. The van der Waals surface area contributed by atoms with Crippen LogP contribution in [0.4, 0.5) is 0 Å². The van der Waals surface area contributed by atoms with Crippen LogP contribution in [-0.4, -0.2) is 32.8 Å². The molecule has 0 fully saturated rings. The summed E-state index contributed by atoms with van der Waals surface area (Å²) in [5, 5.41) is 17.0. The lowest BCUT2D eigenvalue weighted by atomic mass is 10.1. The standard InChI is InChI=1S/C14H19N3O3S/c1-4-5-9(6-12(18)19)15-13(20)11-7-10-8(2)16-17(3)14(10)21-11/h7,9H,4-6H2,1-3H3,(H,15,20)(H,18,19). The third-order valence-electron chi connectivity index (χ3n) is 3.31. The maximum Gasteiger partial charge on any atom is 0.305 e. The van der Waals surface area contributed by atoms with Crippen LogP contribution in [0.3, 0.4) is 0 Å². The quantitative estimate of drug-likeness (QED) is 0.857. The molecule has 2 heterocycles. The molecule has 2 aromatic rings. The van der Waals surface area contributed by atoms with Crippen molar-refractivity contribution in [1.29, 1.82) is 0 Å². The molecule has 0 aliphatic rings. The fraction of sp³-hybridized carbons (Fsp3) is 0.500. The summed E-state index contributed by atoms with van der Waals surface area (Å²) >= 11 is 1.37. The molecular weight excluding hydrogens is 290 g/mol. The second kappa shape index (κ2) is 6.26. The number of aromatic nitrogens is 2. The van der Waals surface area contributed by atoms with Gasteiger partial charge in [-0.3, -0.25) is 14.3 Å². The van der Waals surface area contributed by atoms with Gasteiger partial charge in [0.2, 0.25) is 0 Å². The van der Waals surface area contributed by atoms with Gasteiger partial charge in [-0.1, -0.05) is 13.3 Å². The molecule has 0 aliphatic heterocycles. The molecule has 1 unspecified atom stereocenters. The van der Waals surface area contributed by atoms with Crippen LogP contribution in [0.5, 0.6) is 0 Å². The van der Waals surface area contributed by atoms with Crippen molar-refractivity contribution in [3.63, 3.8) is 0 Å². The van der Waals surface area contributed by atoms with Crippen molar-refractivity contribution in [2.45, 2.75) is 39.2 Å². The van der Waals surface area contributed by atoms with Gasteiger partial charge in [-0.25, -0.2) is 0 Å². The molecule has 0 aromatic carbocycles. The van der Waals surface area contributed by atoms with Gasteiger partial charge >= 0.3 is 5.97 Å². The van der Waals surface area contributed by atoms with E-state index in [2.05, 4.69) is 10.4 Å². The van der Waals surface area contributed by atoms with Crippen LogP contribution < -0.4 is 5.32 Å². The molecule has 1 atom stereocenters. The summed E-state index contributed by atoms with van der Waals surface area (Å²) in [5.41, 5.74) is 0.887. The second-order valence-corrected chi connectivity index (χ2v) is 6.13. The summed E-state index contributed by atoms with van der Waals surface area (Å²) < 4.78 is 1.76. The van der Waals surface area contributed by atoms with E-state index in [1.54, 1.807) is 4.68 Å². The normalized spacial score (nSPS) is 12.5. The van der Waals surface area contributed by atoms with E-state index in [1.165, 1.54) is 11.3 Å². The molecule has 0 saturated heterocycles. The molecule has 114 valence electrons. The molecule has 7 heteroatoms. The van der Waals surface area contributed by atoms with Gasteiger partial charge in [-0.15, -0.1) is 11.3 Å². The number of hydrogen-bond donors (Lipinski definition) is 2. The Morgan fingerprint density at radius 3 is 2.81 bits per heavy atom. The molecule has 2 N–H and O–H groups in total. The number of amides is 1. The Morgan fingerprint density at radius 2 is 2.24 bits per heavy atom. The molecule has 0 spiro atoms. The predicted octanol–water partition coefficient (Wildman–Crippen LogP) is 2.32. The maximum absolute atomic E-state index is 12.3. The molecule has 21 heavy (non-hydrogen) atoms. The van der Waals surface area contributed by atoms with E-state index < -0.39 is 5.97 Å². The van der Waals surface area contributed by atoms with Gasteiger partial charge in [0, 0.05) is 18.5 Å². The van der Waals surface area contributed by atoms with Gasteiger partial charge in [-0.05, 0) is 19.4 Å². The SMILES string of the molecule is CCCC(CC(=O)O)NC(=O)c1cc2c(C)nn(C)c2s1. The fourth-order valence-electron chi connectivity index (χ4n) is 2.36. The van der Waals surface area contributed by atoms with Gasteiger partial charge in [-0.2, -0.15) is 5.10 Å². The zero-order valence-electron chi connectivity index (χ0n) is 12.3. The number of nitrogens with one attached hydrogen (secondary N) is 1. The highest BCUT2D eigenvalue weighted by Crippen LogP contribution is 2.27. The minimum atomic E-state index is -0.898. The van der Waals surface area contributed by atoms with Crippen molar-refractivity contribution in [3.8, 4) is 0 Å². The minimum absolute atomic E-state index is 0.0505. The van der Waals surface area contributed by atoms with E-state index in [1.807, 2.05) is 27.0 Å². The summed E-state index contributed by atoms with van der Waals surface area (Å²) in [4.78, 5) is 24.6. The third kappa shape index (κ3) is 3.41. The van der Waals surface area contributed by atoms with Gasteiger partial charge in [0.25, 0.3) is 5.91 Å². The fourth-order valence-corrected chi connectivity index (χ4v) is 3.38. The lowest BCUT2D eigenvalue weighted by Gasteiger charge is -2.15. The van der Waals surface area contributed by atoms with Crippen molar-refractivity contribution in [2.24, 2.45) is 7.05 Å². The number of carboxylic acid groups (broad SMARTS) is 1. The second-order valence-electron chi connectivity index (χ2n) is 5.10. The topological polar surface area (TPSA) is 84.2 Å². The zero-order valence-corrected chi connectivity index (χ0v) is 13.2. The number of aliphatic carboxylic acids is 1. The highest BCUT2D eigenvalue weighted by atomic mass is 32.1. The minimum Gasteiger partial charge on any atom is -0.481 e. The van der Waals surface area contributed by atoms with Gasteiger partial charge < -0.3 is 10.4 Å². The molecule has 0 saturated carbocycles. The van der Waals surface area contributed by atoms with Crippen molar-refractivity contribution < 1.29 is 14.7 Å². The largest absolute Gasteiger partial charge is 0.481 e. The Balaban J connectivity index is 2.16. The summed E-state index contributed by atoms with van der Waals surface area (Å²) in [6.07, 6.45) is 1.43. The third-order valence-corrected chi connectivity index (χ3v) is 4.51. The number of carbonyl (C=O) groups is 2. The number of aryl methyl sites for hydroxylation is 2. The average molecular weight is 309 g/mol. The lowest BCUT2D eigenvalue weighted by molar-refractivity contribution is -0.137. The highest BCUT2D eigenvalue weighted by molar-refractivity contribution is 7.20. The lowest BCUT2D eigenvalue weighted by Crippen LogP contribution is -2.36.